The van der Waals surface area contributed by atoms with Crippen molar-refractivity contribution in [2.75, 3.05) is 0 Å². The number of rotatable bonds is 6. The van der Waals surface area contributed by atoms with Crippen molar-refractivity contribution in [1.29, 1.82) is 0 Å². The van der Waals surface area contributed by atoms with Gasteiger partial charge in [0.2, 0.25) is 0 Å². The summed E-state index contributed by atoms with van der Waals surface area (Å²) in [7, 11) is 0. The largest absolute Gasteiger partial charge is 0.0906 e. The molecule has 0 N–H and O–H groups in total. The molecule has 0 nitrogen and oxygen atoms in total. The first-order chi connectivity index (χ1) is 22.9. The van der Waals surface area contributed by atoms with Crippen molar-refractivity contribution >= 4 is 5.57 Å². The van der Waals surface area contributed by atoms with Gasteiger partial charge in [-0.2, -0.15) is 0 Å². The maximum absolute atomic E-state index is 4.77. The minimum absolute atomic E-state index is 1.02. The third-order valence-corrected chi connectivity index (χ3v) is 8.78. The van der Waals surface area contributed by atoms with Crippen molar-refractivity contribution < 1.29 is 0 Å². The molecule has 0 unspecified atom stereocenters. The monoisotopic (exact) mass is 626 g/mol. The van der Waals surface area contributed by atoms with Crippen molar-refractivity contribution in [1.82, 2.24) is 0 Å². The summed E-state index contributed by atoms with van der Waals surface area (Å²) in [6, 6.07) is 41.3. The van der Waals surface area contributed by atoms with Gasteiger partial charge in [-0.25, -0.2) is 0 Å². The van der Waals surface area contributed by atoms with E-state index in [1.165, 1.54) is 89.0 Å². The molecule has 242 valence electrons. The number of benzene rings is 6. The average molecular weight is 627 g/mol. The van der Waals surface area contributed by atoms with E-state index < -0.39 is 0 Å². The molecule has 0 aromatic heterocycles. The smallest absolute Gasteiger partial charge is 0.0171 e. The van der Waals surface area contributed by atoms with Crippen LogP contribution in [0.2, 0.25) is 0 Å². The predicted octanol–water partition coefficient (Wildman–Crippen LogP) is 13.9. The Hall–Kier alpha value is -4.94. The Morgan fingerprint density at radius 2 is 0.438 bits per heavy atom. The van der Waals surface area contributed by atoms with Crippen LogP contribution in [0, 0.1) is 55.4 Å². The van der Waals surface area contributed by atoms with Crippen LogP contribution in [0.5, 0.6) is 0 Å². The first-order valence-electron chi connectivity index (χ1n) is 17.2. The third kappa shape index (κ3) is 7.95. The summed E-state index contributed by atoms with van der Waals surface area (Å²) >= 11 is 0. The molecule has 0 bridgehead atoms. The highest BCUT2D eigenvalue weighted by Gasteiger charge is 2.14. The lowest BCUT2D eigenvalue weighted by Gasteiger charge is -2.17. The molecule has 0 spiro atoms. The normalized spacial score (nSPS) is 10.8. The van der Waals surface area contributed by atoms with Gasteiger partial charge in [-0.05, 0) is 153 Å². The summed E-state index contributed by atoms with van der Waals surface area (Å²) in [5.74, 6) is 0. The minimum atomic E-state index is 1.02. The zero-order valence-electron chi connectivity index (χ0n) is 30.6. The third-order valence-electron chi connectivity index (χ3n) is 8.78. The summed E-state index contributed by atoms with van der Waals surface area (Å²) in [4.78, 5) is 0. The molecule has 0 aliphatic heterocycles. The second-order valence-electron chi connectivity index (χ2n) is 13.6. The maximum Gasteiger partial charge on any atom is -0.0171 e. The predicted molar refractivity (Wildman–Crippen MR) is 212 cm³/mol. The van der Waals surface area contributed by atoms with Gasteiger partial charge in [-0.3, -0.25) is 0 Å². The van der Waals surface area contributed by atoms with E-state index in [2.05, 4.69) is 165 Å². The van der Waals surface area contributed by atoms with Crippen molar-refractivity contribution in [3.63, 3.8) is 0 Å². The second kappa shape index (κ2) is 14.4. The first kappa shape index (κ1) is 34.4. The van der Waals surface area contributed by atoms with Crippen molar-refractivity contribution in [3.05, 3.63) is 171 Å². The van der Waals surface area contributed by atoms with E-state index >= 15 is 0 Å². The van der Waals surface area contributed by atoms with Crippen LogP contribution in [-0.4, -0.2) is 0 Å². The molecule has 0 amide bonds. The molecule has 6 rings (SSSR count). The lowest BCUT2D eigenvalue weighted by Crippen LogP contribution is -1.94. The Morgan fingerprint density at radius 3 is 0.625 bits per heavy atom. The van der Waals surface area contributed by atoms with E-state index in [0.717, 1.165) is 16.7 Å². The zero-order valence-corrected chi connectivity index (χ0v) is 30.6. The van der Waals surface area contributed by atoms with E-state index in [0.29, 0.717) is 0 Å². The quantitative estimate of drug-likeness (QED) is 0.173. The van der Waals surface area contributed by atoms with Crippen molar-refractivity contribution in [2.45, 2.75) is 69.2 Å². The molecule has 0 fully saturated rings. The van der Waals surface area contributed by atoms with Gasteiger partial charge >= 0.3 is 0 Å². The van der Waals surface area contributed by atoms with E-state index in [9.17, 15) is 0 Å². The van der Waals surface area contributed by atoms with Gasteiger partial charge in [0.1, 0.15) is 0 Å². The lowest BCUT2D eigenvalue weighted by molar-refractivity contribution is 1.37. The summed E-state index contributed by atoms with van der Waals surface area (Å²) in [5.41, 5.74) is 23.2. The molecule has 0 aliphatic rings. The zero-order chi connectivity index (χ0) is 34.7. The molecule has 0 atom stereocenters. The number of hydrogen-bond donors (Lipinski definition) is 0. The van der Waals surface area contributed by atoms with Crippen LogP contribution >= 0.6 is 0 Å². The maximum atomic E-state index is 4.77. The highest BCUT2D eigenvalue weighted by Crippen LogP contribution is 2.37. The number of aryl methyl sites for hydroxylation is 8. The van der Waals surface area contributed by atoms with E-state index in [1.807, 2.05) is 13.8 Å². The fourth-order valence-corrected chi connectivity index (χ4v) is 7.00. The van der Waals surface area contributed by atoms with Crippen LogP contribution in [0.3, 0.4) is 0 Å². The second-order valence-corrected chi connectivity index (χ2v) is 13.6. The van der Waals surface area contributed by atoms with Crippen LogP contribution in [0.1, 0.15) is 69.5 Å². The molecule has 0 radical (unpaired) electrons. The van der Waals surface area contributed by atoms with Gasteiger partial charge in [0.05, 0.1) is 0 Å². The van der Waals surface area contributed by atoms with E-state index in [1.54, 1.807) is 0 Å². The highest BCUT2D eigenvalue weighted by atomic mass is 14.2. The fraction of sp³-hybridized carbons (Fsp3) is 0.208. The molecule has 6 aromatic carbocycles. The van der Waals surface area contributed by atoms with Crippen LogP contribution < -0.4 is 0 Å². The van der Waals surface area contributed by atoms with Gasteiger partial charge in [0.25, 0.3) is 0 Å². The van der Waals surface area contributed by atoms with Crippen LogP contribution in [-0.2, 0) is 0 Å². The van der Waals surface area contributed by atoms with Gasteiger partial charge < -0.3 is 0 Å². The Labute approximate surface area is 289 Å². The summed E-state index contributed by atoms with van der Waals surface area (Å²) in [6.45, 7) is 26.2. The van der Waals surface area contributed by atoms with Crippen LogP contribution in [0.25, 0.3) is 50.1 Å². The van der Waals surface area contributed by atoms with E-state index in [-0.39, 0.29) is 0 Å². The molecule has 0 heterocycles. The van der Waals surface area contributed by atoms with Gasteiger partial charge in [0.15, 0.2) is 0 Å². The molecule has 6 aromatic rings. The fourth-order valence-electron chi connectivity index (χ4n) is 7.00. The summed E-state index contributed by atoms with van der Waals surface area (Å²) < 4.78 is 0. The minimum Gasteiger partial charge on any atom is -0.0906 e. The average Bonchev–Trinajstić information content (AvgIpc) is 3.03. The molecule has 0 saturated carbocycles. The van der Waals surface area contributed by atoms with Gasteiger partial charge in [0, 0.05) is 0 Å². The Kier molecular flexibility index (Phi) is 10.4. The molecule has 0 aliphatic carbocycles. The van der Waals surface area contributed by atoms with Crippen LogP contribution in [0.15, 0.2) is 116 Å². The Bertz CT molecular complexity index is 1760. The van der Waals surface area contributed by atoms with E-state index in [4.69, 9.17) is 6.58 Å². The Morgan fingerprint density at radius 1 is 0.271 bits per heavy atom. The van der Waals surface area contributed by atoms with Crippen molar-refractivity contribution in [3.8, 4) is 44.5 Å². The number of hydrogen-bond acceptors (Lipinski definition) is 0. The molecule has 48 heavy (non-hydrogen) atoms. The SMILES string of the molecule is C=C(c1cc(-c2cc(C)cc(C)c2)cc(-c2cc(C)cc(C)c2)c1)c1cc(-c2cc(C)cc(C)c2)cc(-c2cc(C)cc(C)c2)c1.CC. The standard InChI is InChI=1S/C46H44.C2H6/c1-28-10-29(2)15-39(14-28)43-22-37(23-44(26-43)40-16-30(3)11-31(4)17-40)36(9)38-24-45(41-18-32(5)12-33(6)19-41)27-46(25-38)42-20-34(7)13-35(8)21-42;1-2/h10-27H,9H2,1-8H3;1-2H3. The lowest BCUT2D eigenvalue weighted by atomic mass is 9.87. The van der Waals surface area contributed by atoms with Gasteiger partial charge in [-0.15, -0.1) is 0 Å². The summed E-state index contributed by atoms with van der Waals surface area (Å²) in [5, 5.41) is 0. The molecule has 0 heteroatoms. The van der Waals surface area contributed by atoms with Crippen molar-refractivity contribution in [2.24, 2.45) is 0 Å². The molecular formula is C48H50. The molecular weight excluding hydrogens is 577 g/mol. The summed E-state index contributed by atoms with van der Waals surface area (Å²) in [6.07, 6.45) is 0. The van der Waals surface area contributed by atoms with Crippen LogP contribution in [0.4, 0.5) is 0 Å². The topological polar surface area (TPSA) is 0 Å². The Balaban J connectivity index is 0.00000221. The molecule has 0 saturated heterocycles. The van der Waals surface area contributed by atoms with Gasteiger partial charge in [-0.1, -0.05) is 138 Å². The first-order valence-corrected chi connectivity index (χ1v) is 17.2. The highest BCUT2D eigenvalue weighted by molar-refractivity contribution is 5.89.